The third kappa shape index (κ3) is 3.13. The van der Waals surface area contributed by atoms with Crippen LogP contribution in [0, 0.1) is 35.7 Å². The number of Topliss-reactive ketones (excluding diaryl/α,β-unsaturated/α-hetero) is 1. The maximum absolute atomic E-state index is 13.9. The van der Waals surface area contributed by atoms with Crippen molar-refractivity contribution in [2.45, 2.75) is 19.9 Å². The second kappa shape index (κ2) is 6.44. The van der Waals surface area contributed by atoms with Gasteiger partial charge >= 0.3 is 0 Å². The van der Waals surface area contributed by atoms with Crippen molar-refractivity contribution in [3.05, 3.63) is 70.7 Å². The maximum Gasteiger partial charge on any atom is 0.179 e. The second-order valence-corrected chi connectivity index (χ2v) is 5.80. The summed E-state index contributed by atoms with van der Waals surface area (Å²) in [5.41, 5.74) is 1.82. The van der Waals surface area contributed by atoms with Crippen LogP contribution in [0.5, 0.6) is 0 Å². The molecule has 3 nitrogen and oxygen atoms in total. The van der Waals surface area contributed by atoms with Crippen molar-refractivity contribution in [2.75, 3.05) is 0 Å². The van der Waals surface area contributed by atoms with Gasteiger partial charge < -0.3 is 4.57 Å². The SMILES string of the molecule is Cc1cn(Cc2ccc(F)c(F)c2)c2c(C(=O)CC#N)cc(F)cc12. The first-order valence-electron chi connectivity index (χ1n) is 7.53. The van der Waals surface area contributed by atoms with Crippen LogP contribution in [0.15, 0.2) is 36.5 Å². The summed E-state index contributed by atoms with van der Waals surface area (Å²) in [7, 11) is 0. The van der Waals surface area contributed by atoms with E-state index in [0.29, 0.717) is 16.5 Å². The third-order valence-electron chi connectivity index (χ3n) is 4.01. The highest BCUT2D eigenvalue weighted by molar-refractivity contribution is 6.08. The molecule has 0 atom stereocenters. The molecule has 0 radical (unpaired) electrons. The number of benzene rings is 2. The van der Waals surface area contributed by atoms with Crippen LogP contribution < -0.4 is 0 Å². The fraction of sp³-hybridized carbons (Fsp3) is 0.158. The van der Waals surface area contributed by atoms with Gasteiger partial charge in [0.05, 0.1) is 18.0 Å². The van der Waals surface area contributed by atoms with Crippen molar-refractivity contribution in [1.82, 2.24) is 4.57 Å². The van der Waals surface area contributed by atoms with Crippen LogP contribution in [0.1, 0.15) is 27.9 Å². The van der Waals surface area contributed by atoms with E-state index in [2.05, 4.69) is 0 Å². The zero-order valence-corrected chi connectivity index (χ0v) is 13.3. The lowest BCUT2D eigenvalue weighted by atomic mass is 10.0. The summed E-state index contributed by atoms with van der Waals surface area (Å²) in [6.45, 7) is 1.95. The van der Waals surface area contributed by atoms with Crippen molar-refractivity contribution in [2.24, 2.45) is 0 Å². The molecule has 126 valence electrons. The highest BCUT2D eigenvalue weighted by Gasteiger charge is 2.18. The molecule has 1 aromatic heterocycles. The molecule has 0 N–H and O–H groups in total. The Labute approximate surface area is 141 Å². The Kier molecular flexibility index (Phi) is 4.32. The third-order valence-corrected chi connectivity index (χ3v) is 4.01. The molecular weight excluding hydrogens is 329 g/mol. The number of ketones is 1. The highest BCUT2D eigenvalue weighted by atomic mass is 19.2. The van der Waals surface area contributed by atoms with Crippen LogP contribution >= 0.6 is 0 Å². The summed E-state index contributed by atoms with van der Waals surface area (Å²) < 4.78 is 42.1. The van der Waals surface area contributed by atoms with Gasteiger partial charge in [0.2, 0.25) is 0 Å². The van der Waals surface area contributed by atoms with Gasteiger partial charge in [-0.2, -0.15) is 5.26 Å². The van der Waals surface area contributed by atoms with Gasteiger partial charge in [0.15, 0.2) is 17.4 Å². The van der Waals surface area contributed by atoms with Crippen LogP contribution in [-0.4, -0.2) is 10.4 Å². The number of hydrogen-bond acceptors (Lipinski definition) is 2. The molecule has 6 heteroatoms. The number of nitrogens with zero attached hydrogens (tertiary/aromatic N) is 2. The topological polar surface area (TPSA) is 45.8 Å². The number of aryl methyl sites for hydroxylation is 1. The predicted molar refractivity (Wildman–Crippen MR) is 86.7 cm³/mol. The van der Waals surface area contributed by atoms with Crippen LogP contribution in [-0.2, 0) is 6.54 Å². The molecule has 3 rings (SSSR count). The zero-order valence-electron chi connectivity index (χ0n) is 13.3. The molecule has 0 aliphatic carbocycles. The quantitative estimate of drug-likeness (QED) is 0.655. The van der Waals surface area contributed by atoms with E-state index in [1.807, 2.05) is 0 Å². The predicted octanol–water partition coefficient (Wildman–Crippen LogP) is 4.51. The average Bonchev–Trinajstić information content (AvgIpc) is 2.86. The van der Waals surface area contributed by atoms with E-state index in [4.69, 9.17) is 5.26 Å². The van der Waals surface area contributed by atoms with E-state index >= 15 is 0 Å². The molecule has 25 heavy (non-hydrogen) atoms. The van der Waals surface area contributed by atoms with Gasteiger partial charge in [-0.3, -0.25) is 4.79 Å². The van der Waals surface area contributed by atoms with E-state index < -0.39 is 23.2 Å². The Morgan fingerprint density at radius 1 is 1.16 bits per heavy atom. The van der Waals surface area contributed by atoms with Crippen LogP contribution in [0.3, 0.4) is 0 Å². The lowest BCUT2D eigenvalue weighted by molar-refractivity contribution is 0.0998. The molecule has 0 amide bonds. The first-order valence-corrected chi connectivity index (χ1v) is 7.53. The normalized spacial score (nSPS) is 10.8. The minimum Gasteiger partial charge on any atom is -0.342 e. The van der Waals surface area contributed by atoms with Gasteiger partial charge in [-0.15, -0.1) is 0 Å². The number of halogens is 3. The first kappa shape index (κ1) is 16.8. The highest BCUT2D eigenvalue weighted by Crippen LogP contribution is 2.28. The number of fused-ring (bicyclic) bond motifs is 1. The minimum atomic E-state index is -0.961. The van der Waals surface area contributed by atoms with E-state index in [-0.39, 0.29) is 18.5 Å². The lowest BCUT2D eigenvalue weighted by Crippen LogP contribution is -2.05. The van der Waals surface area contributed by atoms with Crippen LogP contribution in [0.25, 0.3) is 10.9 Å². The van der Waals surface area contributed by atoms with Crippen molar-refractivity contribution >= 4 is 16.7 Å². The number of rotatable bonds is 4. The number of nitriles is 1. The minimum absolute atomic E-state index is 0.104. The van der Waals surface area contributed by atoms with E-state index in [1.165, 1.54) is 12.1 Å². The fourth-order valence-corrected chi connectivity index (χ4v) is 2.92. The zero-order chi connectivity index (χ0) is 18.1. The summed E-state index contributed by atoms with van der Waals surface area (Å²) in [6.07, 6.45) is 1.35. The van der Waals surface area contributed by atoms with Crippen molar-refractivity contribution in [3.8, 4) is 6.07 Å². The fourth-order valence-electron chi connectivity index (χ4n) is 2.92. The van der Waals surface area contributed by atoms with Crippen molar-refractivity contribution in [1.29, 1.82) is 5.26 Å². The number of carbonyl (C=O) groups is 1. The maximum atomic E-state index is 13.9. The molecule has 0 bridgehead atoms. The van der Waals surface area contributed by atoms with E-state index in [1.54, 1.807) is 23.8 Å². The molecule has 2 aromatic carbocycles. The van der Waals surface area contributed by atoms with Crippen molar-refractivity contribution < 1.29 is 18.0 Å². The monoisotopic (exact) mass is 342 g/mol. The molecule has 3 aromatic rings. The van der Waals surface area contributed by atoms with Gasteiger partial charge in [0, 0.05) is 23.7 Å². The van der Waals surface area contributed by atoms with E-state index in [9.17, 15) is 18.0 Å². The summed E-state index contributed by atoms with van der Waals surface area (Å²) in [5, 5.41) is 9.30. The van der Waals surface area contributed by atoms with E-state index in [0.717, 1.165) is 23.8 Å². The summed E-state index contributed by atoms with van der Waals surface area (Å²) in [5.74, 6) is -2.96. The molecular formula is C19H13F3N2O. The molecule has 0 unspecified atom stereocenters. The lowest BCUT2D eigenvalue weighted by Gasteiger charge is -2.09. The van der Waals surface area contributed by atoms with Gasteiger partial charge in [-0.05, 0) is 42.3 Å². The van der Waals surface area contributed by atoms with Gasteiger partial charge in [-0.1, -0.05) is 6.07 Å². The Bertz CT molecular complexity index is 1030. The molecule has 0 spiro atoms. The number of aromatic nitrogens is 1. The molecule has 0 aliphatic rings. The largest absolute Gasteiger partial charge is 0.342 e. The smallest absolute Gasteiger partial charge is 0.179 e. The molecule has 0 fully saturated rings. The first-order chi connectivity index (χ1) is 11.9. The molecule has 0 aliphatic heterocycles. The Balaban J connectivity index is 2.16. The molecule has 0 saturated carbocycles. The van der Waals surface area contributed by atoms with Crippen LogP contribution in [0.4, 0.5) is 13.2 Å². The van der Waals surface area contributed by atoms with Crippen molar-refractivity contribution in [3.63, 3.8) is 0 Å². The second-order valence-electron chi connectivity index (χ2n) is 5.80. The van der Waals surface area contributed by atoms with Gasteiger partial charge in [-0.25, -0.2) is 13.2 Å². The Morgan fingerprint density at radius 3 is 2.60 bits per heavy atom. The average molecular weight is 342 g/mol. The Hall–Kier alpha value is -3.07. The van der Waals surface area contributed by atoms with Gasteiger partial charge in [0.1, 0.15) is 5.82 Å². The standard InChI is InChI=1S/C19H13F3N2O/c1-11-9-24(10-12-2-3-16(21)17(22)6-12)19-14(11)7-13(20)8-15(19)18(25)4-5-23/h2-3,6-9H,4,10H2,1H3. The summed E-state index contributed by atoms with van der Waals surface area (Å²) >= 11 is 0. The summed E-state index contributed by atoms with van der Waals surface area (Å²) in [6, 6.07) is 7.74. The summed E-state index contributed by atoms with van der Waals surface area (Å²) in [4.78, 5) is 12.2. The number of hydrogen-bond donors (Lipinski definition) is 0. The number of carbonyl (C=O) groups excluding carboxylic acids is 1. The molecule has 0 saturated heterocycles. The Morgan fingerprint density at radius 2 is 1.92 bits per heavy atom. The van der Waals surface area contributed by atoms with Gasteiger partial charge in [0.25, 0.3) is 0 Å². The molecule has 1 heterocycles. The van der Waals surface area contributed by atoms with Crippen LogP contribution in [0.2, 0.25) is 0 Å².